The number of nitrogens with zero attached hydrogens (tertiary/aromatic N) is 2. The van der Waals surface area contributed by atoms with Crippen LogP contribution in [0.4, 0.5) is 0 Å². The van der Waals surface area contributed by atoms with Crippen molar-refractivity contribution in [2.45, 2.75) is 121 Å². The third-order valence-corrected chi connectivity index (χ3v) is 14.1. The molecule has 20 heteroatoms. The number of hydrogen-bond acceptors (Lipinski definition) is 12. The molecule has 0 unspecified atom stereocenters. The second-order valence-corrected chi connectivity index (χ2v) is 20.1. The van der Waals surface area contributed by atoms with E-state index < -0.39 is 102 Å². The SMILES string of the molecule is CC(C)C[C@@H]1NC(=O)[C@@H]2CCCN2C(=O)[C@H](C(C)C)NC(=O)[C@H](Cc2ccc(O)cc2)NC(=O)[C@@H](N)CSSC[C@@H](C(=O)O)NC(=O)[C@@H]2CCCN2C(=O)[C@H](Cc2ccccc2)NC1=O. The number of carboxylic acid groups (broad SMARTS) is 1. The molecule has 2 aromatic carbocycles. The Bertz CT molecular complexity index is 2030. The summed E-state index contributed by atoms with van der Waals surface area (Å²) in [6.45, 7) is 7.64. The van der Waals surface area contributed by atoms with Gasteiger partial charge in [-0.25, -0.2) is 4.79 Å². The fourth-order valence-corrected chi connectivity index (χ4v) is 10.4. The molecular weight excluding hydrogens is 877 g/mol. The first kappa shape index (κ1) is 50.7. The minimum atomic E-state index is -1.37. The van der Waals surface area contributed by atoms with Crippen LogP contribution in [0.1, 0.15) is 70.9 Å². The van der Waals surface area contributed by atoms with E-state index in [-0.39, 0.29) is 68.4 Å². The Kier molecular flexibility index (Phi) is 18.5. The molecule has 3 aliphatic heterocycles. The Hall–Kier alpha value is -5.34. The second kappa shape index (κ2) is 23.7. The Labute approximate surface area is 387 Å². The maximum absolute atomic E-state index is 14.5. The van der Waals surface area contributed by atoms with Gasteiger partial charge in [-0.05, 0) is 67.2 Å². The van der Waals surface area contributed by atoms with Gasteiger partial charge < -0.3 is 52.3 Å². The number of aliphatic carboxylic acids is 1. The maximum atomic E-state index is 14.5. The van der Waals surface area contributed by atoms with Gasteiger partial charge >= 0.3 is 5.97 Å². The minimum absolute atomic E-state index is 0.00282. The van der Waals surface area contributed by atoms with Gasteiger partial charge in [0, 0.05) is 37.4 Å². The molecule has 3 heterocycles. The van der Waals surface area contributed by atoms with E-state index in [2.05, 4.69) is 26.6 Å². The van der Waals surface area contributed by atoms with Crippen LogP contribution in [0.25, 0.3) is 0 Å². The molecule has 0 aromatic heterocycles. The number of benzene rings is 2. The molecule has 0 bridgehead atoms. The molecule has 0 spiro atoms. The molecule has 3 fully saturated rings. The molecular formula is C45H62N8O10S2. The molecule has 3 aliphatic rings. The largest absolute Gasteiger partial charge is 0.508 e. The van der Waals surface area contributed by atoms with Crippen LogP contribution in [-0.2, 0) is 51.2 Å². The number of aromatic hydroxyl groups is 1. The number of nitrogens with one attached hydrogen (secondary N) is 5. The van der Waals surface area contributed by atoms with Gasteiger partial charge in [0.2, 0.25) is 41.4 Å². The molecule has 8 atom stereocenters. The summed E-state index contributed by atoms with van der Waals surface area (Å²) in [5.74, 6) is -6.32. The van der Waals surface area contributed by atoms with Gasteiger partial charge in [0.05, 0.1) is 6.04 Å². The van der Waals surface area contributed by atoms with Gasteiger partial charge in [0.1, 0.15) is 48.0 Å². The van der Waals surface area contributed by atoms with Crippen LogP contribution < -0.4 is 32.3 Å². The molecule has 0 saturated carbocycles. The molecule has 18 nitrogen and oxygen atoms in total. The van der Waals surface area contributed by atoms with Crippen LogP contribution in [0.15, 0.2) is 54.6 Å². The van der Waals surface area contributed by atoms with Gasteiger partial charge in [-0.3, -0.25) is 33.6 Å². The molecule has 7 amide bonds. The van der Waals surface area contributed by atoms with Crippen molar-refractivity contribution in [3.63, 3.8) is 0 Å². The van der Waals surface area contributed by atoms with Crippen molar-refractivity contribution in [1.29, 1.82) is 0 Å². The zero-order valence-corrected chi connectivity index (χ0v) is 38.8. The number of phenolic OH excluding ortho intramolecular Hbond substituents is 1. The molecule has 3 saturated heterocycles. The molecule has 2 aromatic rings. The van der Waals surface area contributed by atoms with Crippen LogP contribution in [0.2, 0.25) is 0 Å². The second-order valence-electron chi connectivity index (χ2n) is 17.6. The first-order chi connectivity index (χ1) is 30.9. The molecule has 0 aliphatic carbocycles. The van der Waals surface area contributed by atoms with Gasteiger partial charge in [0.25, 0.3) is 0 Å². The molecule has 0 radical (unpaired) electrons. The number of fused-ring (bicyclic) bond motifs is 2. The summed E-state index contributed by atoms with van der Waals surface area (Å²) >= 11 is 0. The number of carbonyl (C=O) groups is 8. The molecule has 9 N–H and O–H groups in total. The van der Waals surface area contributed by atoms with Gasteiger partial charge in [-0.1, -0.05) is 91.7 Å². The number of carboxylic acids is 1. The first-order valence-corrected chi connectivity index (χ1v) is 24.6. The van der Waals surface area contributed by atoms with E-state index in [0.717, 1.165) is 27.2 Å². The number of carbonyl (C=O) groups excluding carboxylic acids is 7. The average Bonchev–Trinajstić information content (AvgIpc) is 3.97. The predicted octanol–water partition coefficient (Wildman–Crippen LogP) is 1.09. The standard InChI is InChI=1S/C45H62N8O10S2/c1-25(2)20-31-39(56)49-33(22-27-10-6-5-7-11-27)43(60)52-18-8-12-35(52)42(59)50-34(45(62)63)24-65-64-23-30(46)38(55)47-32(21-28-14-16-29(54)17-15-28)40(57)51-37(26(3)4)44(61)53-19-9-13-36(53)41(58)48-31/h5-7,10-11,14-17,25-26,30-37,54H,8-9,12-13,18-24,46H2,1-4H3,(H,47,55)(H,48,58)(H,49,56)(H,50,59)(H,51,57)(H,62,63)/t30-,31-,32-,33-,34-,35-,36-,37-/m0/s1. The fourth-order valence-electron chi connectivity index (χ4n) is 8.16. The zero-order chi connectivity index (χ0) is 47.4. The zero-order valence-electron chi connectivity index (χ0n) is 37.2. The number of phenols is 1. The number of amides is 7. The van der Waals surface area contributed by atoms with Crippen LogP contribution in [-0.4, -0.2) is 140 Å². The van der Waals surface area contributed by atoms with E-state index in [0.29, 0.717) is 18.4 Å². The van der Waals surface area contributed by atoms with Crippen LogP contribution in [0.5, 0.6) is 5.75 Å². The molecule has 5 rings (SSSR count). The average molecular weight is 939 g/mol. The van der Waals surface area contributed by atoms with Crippen molar-refractivity contribution < 1.29 is 48.6 Å². The fraction of sp³-hybridized carbons (Fsp3) is 0.556. The van der Waals surface area contributed by atoms with E-state index in [1.165, 1.54) is 21.9 Å². The maximum Gasteiger partial charge on any atom is 0.327 e. The van der Waals surface area contributed by atoms with Crippen molar-refractivity contribution in [3.05, 3.63) is 65.7 Å². The lowest BCUT2D eigenvalue weighted by molar-refractivity contribution is -0.145. The highest BCUT2D eigenvalue weighted by Crippen LogP contribution is 2.26. The van der Waals surface area contributed by atoms with E-state index in [1.807, 2.05) is 19.9 Å². The van der Waals surface area contributed by atoms with Gasteiger partial charge in [-0.2, -0.15) is 0 Å². The lowest BCUT2D eigenvalue weighted by Crippen LogP contribution is -2.61. The van der Waals surface area contributed by atoms with Crippen molar-refractivity contribution >= 4 is 68.9 Å². The summed E-state index contributed by atoms with van der Waals surface area (Å²) in [7, 11) is 2.16. The van der Waals surface area contributed by atoms with E-state index in [1.54, 1.807) is 50.2 Å². The van der Waals surface area contributed by atoms with Crippen LogP contribution >= 0.6 is 21.6 Å². The lowest BCUT2D eigenvalue weighted by atomic mass is 9.99. The van der Waals surface area contributed by atoms with Crippen LogP contribution in [0.3, 0.4) is 0 Å². The lowest BCUT2D eigenvalue weighted by Gasteiger charge is -2.33. The summed E-state index contributed by atoms with van der Waals surface area (Å²) < 4.78 is 0. The normalized spacial score (nSPS) is 27.3. The van der Waals surface area contributed by atoms with E-state index in [9.17, 15) is 48.6 Å². The topological polar surface area (TPSA) is 270 Å². The summed E-state index contributed by atoms with van der Waals surface area (Å²) in [6, 6.07) is 5.90. The van der Waals surface area contributed by atoms with Gasteiger partial charge in [-0.15, -0.1) is 0 Å². The Balaban J connectivity index is 1.48. The monoisotopic (exact) mass is 938 g/mol. The third-order valence-electron chi connectivity index (χ3n) is 11.7. The summed E-state index contributed by atoms with van der Waals surface area (Å²) in [5.41, 5.74) is 7.59. The number of hydrogen-bond donors (Lipinski definition) is 8. The highest BCUT2D eigenvalue weighted by molar-refractivity contribution is 8.76. The van der Waals surface area contributed by atoms with Gasteiger partial charge in [0.15, 0.2) is 0 Å². The Morgan fingerprint density at radius 2 is 1.18 bits per heavy atom. The van der Waals surface area contributed by atoms with E-state index >= 15 is 0 Å². The highest BCUT2D eigenvalue weighted by atomic mass is 33.1. The van der Waals surface area contributed by atoms with Crippen molar-refractivity contribution in [2.75, 3.05) is 24.6 Å². The summed E-state index contributed by atoms with van der Waals surface area (Å²) in [6.07, 6.45) is 1.69. The first-order valence-electron chi connectivity index (χ1n) is 22.1. The molecule has 354 valence electrons. The Morgan fingerprint density at radius 3 is 1.78 bits per heavy atom. The predicted molar refractivity (Wildman–Crippen MR) is 246 cm³/mol. The summed E-state index contributed by atoms with van der Waals surface area (Å²) in [4.78, 5) is 114. The molecule has 65 heavy (non-hydrogen) atoms. The third kappa shape index (κ3) is 14.1. The van der Waals surface area contributed by atoms with Crippen molar-refractivity contribution in [3.8, 4) is 5.75 Å². The van der Waals surface area contributed by atoms with Crippen molar-refractivity contribution in [2.24, 2.45) is 17.6 Å². The highest BCUT2D eigenvalue weighted by Gasteiger charge is 2.43. The van der Waals surface area contributed by atoms with Crippen molar-refractivity contribution in [1.82, 2.24) is 36.4 Å². The summed E-state index contributed by atoms with van der Waals surface area (Å²) in [5, 5.41) is 33.8. The number of nitrogens with two attached hydrogens (primary N) is 1. The van der Waals surface area contributed by atoms with Crippen LogP contribution in [0, 0.1) is 11.8 Å². The van der Waals surface area contributed by atoms with E-state index in [4.69, 9.17) is 5.73 Å². The Morgan fingerprint density at radius 1 is 0.662 bits per heavy atom. The number of rotatable bonds is 8. The minimum Gasteiger partial charge on any atom is -0.508 e. The quantitative estimate of drug-likeness (QED) is 0.173. The smallest absolute Gasteiger partial charge is 0.327 e.